The number of para-hydroxylation sites is 1. The van der Waals surface area contributed by atoms with E-state index in [2.05, 4.69) is 5.48 Å². The molecule has 3 aromatic carbocycles. The average molecular weight is 426 g/mol. The van der Waals surface area contributed by atoms with Crippen molar-refractivity contribution in [2.24, 2.45) is 0 Å². The molecule has 0 atom stereocenters. The third-order valence-corrected chi connectivity index (χ3v) is 6.09. The molecule has 0 aliphatic heterocycles. The van der Waals surface area contributed by atoms with Gasteiger partial charge in [0.25, 0.3) is 0 Å². The van der Waals surface area contributed by atoms with Crippen molar-refractivity contribution in [1.29, 1.82) is 0 Å². The van der Waals surface area contributed by atoms with E-state index in [9.17, 15) is 13.2 Å². The fraction of sp³-hybridized carbons (Fsp3) is 0.174. The van der Waals surface area contributed by atoms with E-state index in [1.807, 2.05) is 37.3 Å². The summed E-state index contributed by atoms with van der Waals surface area (Å²) >= 11 is 0. The Morgan fingerprint density at radius 3 is 2.20 bits per heavy atom. The summed E-state index contributed by atoms with van der Waals surface area (Å²) in [6.07, 6.45) is 0.656. The van der Waals surface area contributed by atoms with Gasteiger partial charge in [0, 0.05) is 0 Å². The molecule has 3 rings (SSSR count). The zero-order valence-electron chi connectivity index (χ0n) is 16.6. The number of hydrogen-bond acceptors (Lipinski definition) is 5. The van der Waals surface area contributed by atoms with Crippen LogP contribution in [0, 0.1) is 0 Å². The molecule has 0 aliphatic carbocycles. The summed E-state index contributed by atoms with van der Waals surface area (Å²) in [5, 5.41) is 0. The Bertz CT molecular complexity index is 1080. The van der Waals surface area contributed by atoms with Gasteiger partial charge in [-0.25, -0.2) is 13.9 Å². The number of amides is 1. The maximum absolute atomic E-state index is 13.2. The number of carbonyl (C=O) groups is 1. The summed E-state index contributed by atoms with van der Waals surface area (Å²) in [4.78, 5) is 17.3. The highest BCUT2D eigenvalue weighted by Gasteiger charge is 2.22. The van der Waals surface area contributed by atoms with Crippen LogP contribution in [0.15, 0.2) is 88.7 Å². The molecule has 30 heavy (non-hydrogen) atoms. The van der Waals surface area contributed by atoms with Crippen LogP contribution in [-0.4, -0.2) is 20.9 Å². The Labute approximate surface area is 176 Å². The van der Waals surface area contributed by atoms with Crippen molar-refractivity contribution in [3.8, 4) is 11.5 Å². The maximum atomic E-state index is 13.2. The fourth-order valence-corrected chi connectivity index (χ4v) is 4.28. The molecule has 0 aromatic heterocycles. The van der Waals surface area contributed by atoms with Crippen LogP contribution in [0.1, 0.15) is 18.9 Å². The molecular weight excluding hydrogens is 402 g/mol. The number of ether oxygens (including phenoxy) is 1. The molecule has 1 amide bonds. The standard InChI is InChI=1S/C23H23NO5S/c1-2-16-28-24-23(25)17-18-8-6-7-11-22(18)30(26,27)21-14-12-20(13-15-21)29-19-9-4-3-5-10-19/h3-15H,2,16-17H2,1H3,(H,24,25). The minimum Gasteiger partial charge on any atom is -0.457 e. The van der Waals surface area contributed by atoms with Crippen LogP contribution >= 0.6 is 0 Å². The van der Waals surface area contributed by atoms with Crippen molar-refractivity contribution < 1.29 is 22.8 Å². The van der Waals surface area contributed by atoms with Crippen LogP contribution in [0.5, 0.6) is 11.5 Å². The van der Waals surface area contributed by atoms with E-state index in [1.165, 1.54) is 18.2 Å². The van der Waals surface area contributed by atoms with E-state index < -0.39 is 15.7 Å². The number of rotatable bonds is 9. The normalized spacial score (nSPS) is 11.1. The second-order valence-corrected chi connectivity index (χ2v) is 8.47. The largest absolute Gasteiger partial charge is 0.457 e. The molecule has 7 heteroatoms. The molecule has 0 fully saturated rings. The lowest BCUT2D eigenvalue weighted by molar-refractivity contribution is -0.132. The topological polar surface area (TPSA) is 81.7 Å². The van der Waals surface area contributed by atoms with E-state index in [1.54, 1.807) is 30.3 Å². The molecule has 0 radical (unpaired) electrons. The predicted octanol–water partition coefficient (Wildman–Crippen LogP) is 4.31. The monoisotopic (exact) mass is 425 g/mol. The average Bonchev–Trinajstić information content (AvgIpc) is 2.75. The zero-order chi connectivity index (χ0) is 21.4. The summed E-state index contributed by atoms with van der Waals surface area (Å²) in [6, 6.07) is 21.9. The van der Waals surface area contributed by atoms with E-state index in [0.717, 1.165) is 6.42 Å². The van der Waals surface area contributed by atoms with Gasteiger partial charge in [-0.15, -0.1) is 0 Å². The van der Waals surface area contributed by atoms with Crippen molar-refractivity contribution >= 4 is 15.7 Å². The zero-order valence-corrected chi connectivity index (χ0v) is 17.4. The second-order valence-electron chi connectivity index (χ2n) is 6.55. The maximum Gasteiger partial charge on any atom is 0.247 e. The molecule has 0 unspecified atom stereocenters. The Hall–Kier alpha value is -3.16. The summed E-state index contributed by atoms with van der Waals surface area (Å²) in [5.41, 5.74) is 2.73. The molecular formula is C23H23NO5S. The van der Waals surface area contributed by atoms with Gasteiger partial charge in [-0.05, 0) is 54.4 Å². The van der Waals surface area contributed by atoms with Gasteiger partial charge in [0.1, 0.15) is 11.5 Å². The number of hydrogen-bond donors (Lipinski definition) is 1. The van der Waals surface area contributed by atoms with Crippen LogP contribution in [0.3, 0.4) is 0 Å². The van der Waals surface area contributed by atoms with Crippen molar-refractivity contribution in [3.05, 3.63) is 84.4 Å². The lowest BCUT2D eigenvalue weighted by Gasteiger charge is -2.12. The highest BCUT2D eigenvalue weighted by atomic mass is 32.2. The van der Waals surface area contributed by atoms with E-state index in [0.29, 0.717) is 23.7 Å². The molecule has 6 nitrogen and oxygen atoms in total. The van der Waals surface area contributed by atoms with Crippen molar-refractivity contribution in [1.82, 2.24) is 5.48 Å². The number of benzene rings is 3. The molecule has 3 aromatic rings. The van der Waals surface area contributed by atoms with Crippen LogP contribution < -0.4 is 10.2 Å². The minimum atomic E-state index is -3.81. The summed E-state index contributed by atoms with van der Waals surface area (Å²) in [7, 11) is -3.81. The molecule has 156 valence electrons. The minimum absolute atomic E-state index is 0.0902. The number of hydroxylamine groups is 1. The summed E-state index contributed by atoms with van der Waals surface area (Å²) in [6.45, 7) is 2.31. The lowest BCUT2D eigenvalue weighted by atomic mass is 10.1. The first-order valence-electron chi connectivity index (χ1n) is 9.57. The highest BCUT2D eigenvalue weighted by molar-refractivity contribution is 7.91. The Balaban J connectivity index is 1.79. The van der Waals surface area contributed by atoms with Gasteiger partial charge < -0.3 is 4.74 Å². The Morgan fingerprint density at radius 2 is 1.50 bits per heavy atom. The quantitative estimate of drug-likeness (QED) is 0.408. The van der Waals surface area contributed by atoms with Crippen molar-refractivity contribution in [3.63, 3.8) is 0 Å². The first-order chi connectivity index (χ1) is 14.5. The molecule has 0 spiro atoms. The number of nitrogens with one attached hydrogen (secondary N) is 1. The first kappa shape index (κ1) is 21.5. The number of sulfone groups is 1. The SMILES string of the molecule is CCCONC(=O)Cc1ccccc1S(=O)(=O)c1ccc(Oc2ccccc2)cc1. The van der Waals surface area contributed by atoms with Gasteiger partial charge in [-0.3, -0.25) is 9.63 Å². The lowest BCUT2D eigenvalue weighted by Crippen LogP contribution is -2.26. The van der Waals surface area contributed by atoms with E-state index in [4.69, 9.17) is 9.57 Å². The molecule has 0 heterocycles. The van der Waals surface area contributed by atoms with Gasteiger partial charge in [0.05, 0.1) is 22.8 Å². The Kier molecular flexibility index (Phi) is 7.21. The van der Waals surface area contributed by atoms with Crippen molar-refractivity contribution in [2.45, 2.75) is 29.6 Å². The number of carbonyl (C=O) groups excluding carboxylic acids is 1. The third-order valence-electron chi connectivity index (χ3n) is 4.22. The predicted molar refractivity (Wildman–Crippen MR) is 113 cm³/mol. The van der Waals surface area contributed by atoms with Crippen LogP contribution in [0.25, 0.3) is 0 Å². The van der Waals surface area contributed by atoms with Crippen LogP contribution in [0.2, 0.25) is 0 Å². The molecule has 0 saturated carbocycles. The summed E-state index contributed by atoms with van der Waals surface area (Å²) < 4.78 is 32.0. The van der Waals surface area contributed by atoms with Gasteiger partial charge in [-0.1, -0.05) is 43.3 Å². The molecule has 0 saturated heterocycles. The molecule has 1 N–H and O–H groups in total. The fourth-order valence-electron chi connectivity index (χ4n) is 2.79. The smallest absolute Gasteiger partial charge is 0.247 e. The molecule has 0 bridgehead atoms. The van der Waals surface area contributed by atoms with Gasteiger partial charge >= 0.3 is 0 Å². The highest BCUT2D eigenvalue weighted by Crippen LogP contribution is 2.27. The van der Waals surface area contributed by atoms with Gasteiger partial charge in [0.15, 0.2) is 0 Å². The van der Waals surface area contributed by atoms with Gasteiger partial charge in [-0.2, -0.15) is 0 Å². The van der Waals surface area contributed by atoms with Crippen molar-refractivity contribution in [2.75, 3.05) is 6.61 Å². The van der Waals surface area contributed by atoms with Crippen LogP contribution in [0.4, 0.5) is 0 Å². The molecule has 0 aliphatic rings. The van der Waals surface area contributed by atoms with E-state index in [-0.39, 0.29) is 16.2 Å². The Morgan fingerprint density at radius 1 is 0.867 bits per heavy atom. The first-order valence-corrected chi connectivity index (χ1v) is 11.1. The third kappa shape index (κ3) is 5.46. The van der Waals surface area contributed by atoms with E-state index >= 15 is 0 Å². The van der Waals surface area contributed by atoms with Crippen LogP contribution in [-0.2, 0) is 25.9 Å². The second kappa shape index (κ2) is 10.0. The summed E-state index contributed by atoms with van der Waals surface area (Å²) in [5.74, 6) is 0.786. The van der Waals surface area contributed by atoms with Gasteiger partial charge in [0.2, 0.25) is 15.7 Å².